The van der Waals surface area contributed by atoms with E-state index in [9.17, 15) is 4.79 Å². The number of rotatable bonds is 6. The molecule has 1 amide bonds. The van der Waals surface area contributed by atoms with Gasteiger partial charge < -0.3 is 10.1 Å². The van der Waals surface area contributed by atoms with E-state index in [4.69, 9.17) is 4.74 Å². The Labute approximate surface area is 117 Å². The van der Waals surface area contributed by atoms with Crippen molar-refractivity contribution in [3.8, 4) is 5.75 Å². The topological polar surface area (TPSA) is 38.3 Å². The first-order valence-corrected chi connectivity index (χ1v) is 7.00. The van der Waals surface area contributed by atoms with Crippen molar-refractivity contribution in [1.82, 2.24) is 5.32 Å². The number of aryl methyl sites for hydroxylation is 2. The van der Waals surface area contributed by atoms with Crippen LogP contribution in [0.4, 0.5) is 0 Å². The van der Waals surface area contributed by atoms with Gasteiger partial charge in [-0.3, -0.25) is 4.79 Å². The molecule has 0 heterocycles. The minimum atomic E-state index is -0.0647. The molecule has 100 valence electrons. The number of halogens is 1. The van der Waals surface area contributed by atoms with Crippen molar-refractivity contribution in [2.75, 3.05) is 13.2 Å². The quantitative estimate of drug-likeness (QED) is 0.818. The molecule has 0 unspecified atom stereocenters. The van der Waals surface area contributed by atoms with Crippen LogP contribution in [0.15, 0.2) is 16.6 Å². The third kappa shape index (κ3) is 4.69. The van der Waals surface area contributed by atoms with E-state index in [1.165, 1.54) is 0 Å². The van der Waals surface area contributed by atoms with Crippen LogP contribution in [-0.2, 0) is 4.79 Å². The van der Waals surface area contributed by atoms with E-state index in [1.54, 1.807) is 0 Å². The predicted molar refractivity (Wildman–Crippen MR) is 77.0 cm³/mol. The van der Waals surface area contributed by atoms with E-state index in [0.29, 0.717) is 0 Å². The number of ether oxygens (including phenoxy) is 1. The van der Waals surface area contributed by atoms with Gasteiger partial charge in [-0.2, -0.15) is 0 Å². The monoisotopic (exact) mass is 313 g/mol. The van der Waals surface area contributed by atoms with Gasteiger partial charge in [0.1, 0.15) is 5.75 Å². The first-order chi connectivity index (χ1) is 8.54. The number of carbonyl (C=O) groups excluding carboxylic acids is 1. The van der Waals surface area contributed by atoms with E-state index in [1.807, 2.05) is 26.0 Å². The molecule has 0 saturated carbocycles. The third-order valence-electron chi connectivity index (χ3n) is 2.63. The smallest absolute Gasteiger partial charge is 0.257 e. The highest BCUT2D eigenvalue weighted by atomic mass is 79.9. The van der Waals surface area contributed by atoms with Crippen LogP contribution in [-0.4, -0.2) is 19.1 Å². The Bertz CT molecular complexity index is 395. The summed E-state index contributed by atoms with van der Waals surface area (Å²) in [5.74, 6) is 0.731. The second-order valence-electron chi connectivity index (χ2n) is 4.36. The number of hydrogen-bond acceptors (Lipinski definition) is 2. The Hall–Kier alpha value is -1.03. The molecule has 18 heavy (non-hydrogen) atoms. The molecule has 0 aliphatic heterocycles. The summed E-state index contributed by atoms with van der Waals surface area (Å²) in [6.07, 6.45) is 2.08. The highest BCUT2D eigenvalue weighted by Gasteiger charge is 2.08. The Morgan fingerprint density at radius 2 is 1.94 bits per heavy atom. The molecule has 1 aromatic carbocycles. The molecular formula is C14H20BrNO2. The maximum atomic E-state index is 11.5. The second kappa shape index (κ2) is 7.41. The number of hydrogen-bond donors (Lipinski definition) is 1. The molecule has 1 N–H and O–H groups in total. The molecule has 4 heteroatoms. The zero-order chi connectivity index (χ0) is 13.5. The molecule has 0 radical (unpaired) electrons. The van der Waals surface area contributed by atoms with Crippen LogP contribution >= 0.6 is 15.9 Å². The van der Waals surface area contributed by atoms with E-state index >= 15 is 0 Å². The summed E-state index contributed by atoms with van der Waals surface area (Å²) in [5.41, 5.74) is 2.06. The summed E-state index contributed by atoms with van der Waals surface area (Å²) in [4.78, 5) is 11.5. The SMILES string of the molecule is CCCCNC(=O)COc1c(C)cc(Br)cc1C. The van der Waals surface area contributed by atoms with Crippen LogP contribution < -0.4 is 10.1 Å². The van der Waals surface area contributed by atoms with Crippen LogP contribution in [0.1, 0.15) is 30.9 Å². The number of nitrogens with one attached hydrogen (secondary N) is 1. The lowest BCUT2D eigenvalue weighted by Gasteiger charge is -2.12. The molecule has 0 fully saturated rings. The Morgan fingerprint density at radius 3 is 2.50 bits per heavy atom. The van der Waals surface area contributed by atoms with Crippen LogP contribution in [0.5, 0.6) is 5.75 Å². The van der Waals surface area contributed by atoms with E-state index in [2.05, 4.69) is 28.2 Å². The second-order valence-corrected chi connectivity index (χ2v) is 5.28. The Balaban J connectivity index is 2.51. The Morgan fingerprint density at radius 1 is 1.33 bits per heavy atom. The predicted octanol–water partition coefficient (Wildman–Crippen LogP) is 3.36. The largest absolute Gasteiger partial charge is 0.483 e. The molecule has 0 saturated heterocycles. The van der Waals surface area contributed by atoms with Gasteiger partial charge in [0.15, 0.2) is 6.61 Å². The van der Waals surface area contributed by atoms with Gasteiger partial charge in [0.25, 0.3) is 5.91 Å². The first-order valence-electron chi connectivity index (χ1n) is 6.20. The summed E-state index contributed by atoms with van der Waals surface area (Å²) in [7, 11) is 0. The van der Waals surface area contributed by atoms with Gasteiger partial charge in [-0.1, -0.05) is 29.3 Å². The standard InChI is InChI=1S/C14H20BrNO2/c1-4-5-6-16-13(17)9-18-14-10(2)7-12(15)8-11(14)3/h7-8H,4-6,9H2,1-3H3,(H,16,17). The molecule has 0 bridgehead atoms. The van der Waals surface area contributed by atoms with Gasteiger partial charge in [0, 0.05) is 11.0 Å². The molecule has 0 aromatic heterocycles. The van der Waals surface area contributed by atoms with Crippen molar-refractivity contribution in [3.63, 3.8) is 0 Å². The molecule has 3 nitrogen and oxygen atoms in total. The molecule has 0 aliphatic carbocycles. The van der Waals surface area contributed by atoms with Crippen molar-refractivity contribution in [2.24, 2.45) is 0 Å². The van der Waals surface area contributed by atoms with E-state index in [0.717, 1.165) is 40.7 Å². The lowest BCUT2D eigenvalue weighted by Crippen LogP contribution is -2.29. The van der Waals surface area contributed by atoms with E-state index < -0.39 is 0 Å². The molecular weight excluding hydrogens is 294 g/mol. The fraction of sp³-hybridized carbons (Fsp3) is 0.500. The van der Waals surface area contributed by atoms with E-state index in [-0.39, 0.29) is 12.5 Å². The van der Waals surface area contributed by atoms with Crippen molar-refractivity contribution in [2.45, 2.75) is 33.6 Å². The van der Waals surface area contributed by atoms with Gasteiger partial charge in [0.2, 0.25) is 0 Å². The lowest BCUT2D eigenvalue weighted by atomic mass is 10.1. The maximum absolute atomic E-state index is 11.5. The molecule has 0 aliphatic rings. The number of benzene rings is 1. The zero-order valence-corrected chi connectivity index (χ0v) is 12.8. The number of amides is 1. The summed E-state index contributed by atoms with van der Waals surface area (Å²) >= 11 is 3.43. The summed E-state index contributed by atoms with van der Waals surface area (Å²) in [5, 5.41) is 2.83. The molecule has 1 aromatic rings. The molecule has 1 rings (SSSR count). The van der Waals surface area contributed by atoms with Gasteiger partial charge in [-0.15, -0.1) is 0 Å². The maximum Gasteiger partial charge on any atom is 0.257 e. The van der Waals surface area contributed by atoms with Crippen LogP contribution in [0.2, 0.25) is 0 Å². The van der Waals surface area contributed by atoms with Crippen molar-refractivity contribution >= 4 is 21.8 Å². The average molecular weight is 314 g/mol. The fourth-order valence-electron chi connectivity index (χ4n) is 1.72. The average Bonchev–Trinajstić information content (AvgIpc) is 2.27. The highest BCUT2D eigenvalue weighted by Crippen LogP contribution is 2.27. The summed E-state index contributed by atoms with van der Waals surface area (Å²) in [6.45, 7) is 6.84. The summed E-state index contributed by atoms with van der Waals surface area (Å²) in [6, 6.07) is 3.97. The third-order valence-corrected chi connectivity index (χ3v) is 3.08. The van der Waals surface area contributed by atoms with Gasteiger partial charge in [0.05, 0.1) is 0 Å². The highest BCUT2D eigenvalue weighted by molar-refractivity contribution is 9.10. The fourth-order valence-corrected chi connectivity index (χ4v) is 2.41. The van der Waals surface area contributed by atoms with Gasteiger partial charge in [-0.05, 0) is 43.5 Å². The number of unbranched alkanes of at least 4 members (excludes halogenated alkanes) is 1. The van der Waals surface area contributed by atoms with Crippen LogP contribution in [0.3, 0.4) is 0 Å². The first kappa shape index (κ1) is 15.0. The normalized spacial score (nSPS) is 10.2. The Kier molecular flexibility index (Phi) is 6.19. The minimum Gasteiger partial charge on any atom is -0.483 e. The van der Waals surface area contributed by atoms with Crippen molar-refractivity contribution in [1.29, 1.82) is 0 Å². The minimum absolute atomic E-state index is 0.0647. The van der Waals surface area contributed by atoms with Crippen molar-refractivity contribution in [3.05, 3.63) is 27.7 Å². The van der Waals surface area contributed by atoms with Gasteiger partial charge in [-0.25, -0.2) is 0 Å². The zero-order valence-electron chi connectivity index (χ0n) is 11.2. The van der Waals surface area contributed by atoms with Crippen LogP contribution in [0, 0.1) is 13.8 Å². The van der Waals surface area contributed by atoms with Gasteiger partial charge >= 0.3 is 0 Å². The van der Waals surface area contributed by atoms with Crippen LogP contribution in [0.25, 0.3) is 0 Å². The molecule has 0 spiro atoms. The summed E-state index contributed by atoms with van der Waals surface area (Å²) < 4.78 is 6.61. The number of carbonyl (C=O) groups is 1. The lowest BCUT2D eigenvalue weighted by molar-refractivity contribution is -0.123. The van der Waals surface area contributed by atoms with Crippen molar-refractivity contribution < 1.29 is 9.53 Å². The molecule has 0 atom stereocenters.